The second-order valence-corrected chi connectivity index (χ2v) is 2.83. The smallest absolute Gasteiger partial charge is 0.272 e. The molecule has 1 atom stereocenters. The van der Waals surface area contributed by atoms with E-state index in [0.29, 0.717) is 4.57 Å². The zero-order valence-electron chi connectivity index (χ0n) is 6.47. The van der Waals surface area contributed by atoms with Crippen LogP contribution in [0.2, 0.25) is 0 Å². The third-order valence-corrected chi connectivity index (χ3v) is 1.87. The van der Waals surface area contributed by atoms with Gasteiger partial charge in [0.25, 0.3) is 0 Å². The predicted molar refractivity (Wildman–Crippen MR) is 41.0 cm³/mol. The molecule has 1 heterocycles. The Balaban J connectivity index is 3.24. The van der Waals surface area contributed by atoms with Gasteiger partial charge in [-0.25, -0.2) is 9.89 Å². The van der Waals surface area contributed by atoms with Crippen LogP contribution in [0.15, 0.2) is 4.79 Å². The Kier molecular flexibility index (Phi) is 2.33. The number of nitrogens with one attached hydrogen (secondary N) is 2. The summed E-state index contributed by atoms with van der Waals surface area (Å²) in [4.78, 5) is 10.8. The molecule has 1 aromatic heterocycles. The van der Waals surface area contributed by atoms with E-state index in [-0.39, 0.29) is 4.77 Å². The fourth-order valence-electron chi connectivity index (χ4n) is 0.818. The zero-order valence-corrected chi connectivity index (χ0v) is 7.29. The second-order valence-electron chi connectivity index (χ2n) is 2.45. The number of hydrogen-bond donors (Lipinski definition) is 2. The van der Waals surface area contributed by atoms with E-state index in [1.54, 1.807) is 0 Å². The van der Waals surface area contributed by atoms with Gasteiger partial charge in [0.05, 0.1) is 0 Å². The van der Waals surface area contributed by atoms with Gasteiger partial charge in [-0.3, -0.25) is 9.67 Å². The average molecular weight is 213 g/mol. The van der Waals surface area contributed by atoms with Crippen LogP contribution in [0.25, 0.3) is 0 Å². The minimum Gasteiger partial charge on any atom is -0.272 e. The fraction of sp³-hybridized carbons (Fsp3) is 0.600. The van der Waals surface area contributed by atoms with Gasteiger partial charge in [-0.05, 0) is 19.1 Å². The van der Waals surface area contributed by atoms with Crippen LogP contribution in [0.1, 0.15) is 13.0 Å². The van der Waals surface area contributed by atoms with Crippen molar-refractivity contribution in [3.8, 4) is 0 Å². The van der Waals surface area contributed by atoms with Gasteiger partial charge in [0.2, 0.25) is 0 Å². The van der Waals surface area contributed by atoms with Crippen molar-refractivity contribution in [2.45, 2.75) is 19.1 Å². The maximum Gasteiger partial charge on any atom is 0.409 e. The molecule has 74 valence electrons. The molecule has 1 aromatic rings. The highest BCUT2D eigenvalue weighted by molar-refractivity contribution is 7.71. The molecular formula is C5H6F3N3OS. The fourth-order valence-corrected chi connectivity index (χ4v) is 1.11. The van der Waals surface area contributed by atoms with Crippen molar-refractivity contribution < 1.29 is 13.2 Å². The summed E-state index contributed by atoms with van der Waals surface area (Å²) >= 11 is 4.49. The second kappa shape index (κ2) is 3.02. The van der Waals surface area contributed by atoms with Gasteiger partial charge >= 0.3 is 11.9 Å². The van der Waals surface area contributed by atoms with E-state index in [0.717, 1.165) is 6.92 Å². The number of nitrogens with zero attached hydrogens (tertiary/aromatic N) is 1. The van der Waals surface area contributed by atoms with Crippen LogP contribution in [0.4, 0.5) is 13.2 Å². The van der Waals surface area contributed by atoms with E-state index in [1.165, 1.54) is 0 Å². The van der Waals surface area contributed by atoms with E-state index in [1.807, 2.05) is 5.10 Å². The summed E-state index contributed by atoms with van der Waals surface area (Å²) in [5, 5.41) is 4.10. The number of alkyl halides is 3. The van der Waals surface area contributed by atoms with Crippen LogP contribution in [0.5, 0.6) is 0 Å². The Hall–Kier alpha value is -1.05. The molecule has 1 rings (SSSR count). The summed E-state index contributed by atoms with van der Waals surface area (Å²) in [7, 11) is 0. The van der Waals surface area contributed by atoms with E-state index >= 15 is 0 Å². The lowest BCUT2D eigenvalue weighted by molar-refractivity contribution is -0.163. The van der Waals surface area contributed by atoms with E-state index in [9.17, 15) is 18.0 Å². The Bertz CT molecular complexity index is 373. The summed E-state index contributed by atoms with van der Waals surface area (Å²) in [5.41, 5.74) is -0.894. The molecule has 1 unspecified atom stereocenters. The summed E-state index contributed by atoms with van der Waals surface area (Å²) in [5.74, 6) is 0. The van der Waals surface area contributed by atoms with Crippen molar-refractivity contribution in [3.63, 3.8) is 0 Å². The summed E-state index contributed by atoms with van der Waals surface area (Å²) < 4.78 is 36.6. The van der Waals surface area contributed by atoms with Crippen LogP contribution >= 0.6 is 12.2 Å². The topological polar surface area (TPSA) is 53.6 Å². The summed E-state index contributed by atoms with van der Waals surface area (Å²) in [6.45, 7) is 0.860. The number of H-pyrrole nitrogens is 2. The molecular weight excluding hydrogens is 207 g/mol. The third-order valence-electron chi connectivity index (χ3n) is 1.57. The Morgan fingerprint density at radius 3 is 2.31 bits per heavy atom. The standard InChI is InChI=1S/C5H6F3N3OS/c1-2(5(6,7)8)11-3(12)9-10-4(11)13/h2H,1H3,(H,9,12)(H,10,13). The van der Waals surface area contributed by atoms with Crippen molar-refractivity contribution in [3.05, 3.63) is 15.3 Å². The van der Waals surface area contributed by atoms with Crippen molar-refractivity contribution in [2.75, 3.05) is 0 Å². The van der Waals surface area contributed by atoms with Crippen LogP contribution < -0.4 is 5.69 Å². The van der Waals surface area contributed by atoms with Crippen molar-refractivity contribution in [1.82, 2.24) is 14.8 Å². The highest BCUT2D eigenvalue weighted by Crippen LogP contribution is 2.28. The first-order valence-electron chi connectivity index (χ1n) is 3.30. The molecule has 0 aliphatic heterocycles. The first-order chi connectivity index (χ1) is 5.84. The van der Waals surface area contributed by atoms with Crippen LogP contribution in [-0.2, 0) is 0 Å². The molecule has 0 spiro atoms. The Morgan fingerprint density at radius 1 is 1.46 bits per heavy atom. The quantitative estimate of drug-likeness (QED) is 0.692. The minimum absolute atomic E-state index is 0.269. The first-order valence-corrected chi connectivity index (χ1v) is 3.70. The largest absolute Gasteiger partial charge is 0.409 e. The van der Waals surface area contributed by atoms with Crippen molar-refractivity contribution in [1.29, 1.82) is 0 Å². The van der Waals surface area contributed by atoms with E-state index in [2.05, 4.69) is 17.3 Å². The van der Waals surface area contributed by atoms with Gasteiger partial charge in [0, 0.05) is 0 Å². The average Bonchev–Trinajstić information content (AvgIpc) is 2.28. The molecule has 13 heavy (non-hydrogen) atoms. The molecule has 0 aliphatic rings. The molecule has 2 N–H and O–H groups in total. The molecule has 0 saturated heterocycles. The summed E-state index contributed by atoms with van der Waals surface area (Å²) in [6, 6.07) is -1.92. The normalized spacial score (nSPS) is 14.5. The Labute approximate surface area is 75.4 Å². The molecule has 0 fully saturated rings. The maximum atomic E-state index is 12.1. The molecule has 0 amide bonds. The third kappa shape index (κ3) is 1.82. The molecule has 8 heteroatoms. The minimum atomic E-state index is -4.48. The molecule has 0 aliphatic carbocycles. The lowest BCUT2D eigenvalue weighted by atomic mass is 10.3. The lowest BCUT2D eigenvalue weighted by Gasteiger charge is -2.14. The Morgan fingerprint density at radius 2 is 2.00 bits per heavy atom. The number of hydrogen-bond acceptors (Lipinski definition) is 2. The highest BCUT2D eigenvalue weighted by atomic mass is 32.1. The van der Waals surface area contributed by atoms with E-state index < -0.39 is 17.9 Å². The molecule has 0 bridgehead atoms. The van der Waals surface area contributed by atoms with Gasteiger partial charge < -0.3 is 0 Å². The van der Waals surface area contributed by atoms with Crippen LogP contribution in [-0.4, -0.2) is 20.9 Å². The van der Waals surface area contributed by atoms with Gasteiger partial charge in [-0.2, -0.15) is 13.2 Å². The van der Waals surface area contributed by atoms with E-state index in [4.69, 9.17) is 0 Å². The lowest BCUT2D eigenvalue weighted by Crippen LogP contribution is -2.31. The maximum absolute atomic E-state index is 12.1. The zero-order chi connectivity index (χ0) is 10.2. The van der Waals surface area contributed by atoms with Gasteiger partial charge in [-0.15, -0.1) is 0 Å². The summed E-state index contributed by atoms with van der Waals surface area (Å²) in [6.07, 6.45) is -4.48. The first kappa shape index (κ1) is 10.0. The van der Waals surface area contributed by atoms with Gasteiger partial charge in [0.1, 0.15) is 6.04 Å². The predicted octanol–water partition coefficient (Wildman–Crippen LogP) is 1.36. The number of aromatic nitrogens is 3. The number of rotatable bonds is 1. The number of halogens is 3. The highest BCUT2D eigenvalue weighted by Gasteiger charge is 2.38. The van der Waals surface area contributed by atoms with Crippen LogP contribution in [0.3, 0.4) is 0 Å². The van der Waals surface area contributed by atoms with Gasteiger partial charge in [0.15, 0.2) is 4.77 Å². The molecule has 0 saturated carbocycles. The SMILES string of the molecule is CC(n1c(=O)[nH][nH]c1=S)C(F)(F)F. The van der Waals surface area contributed by atoms with Crippen molar-refractivity contribution in [2.24, 2.45) is 0 Å². The monoisotopic (exact) mass is 213 g/mol. The molecule has 0 aromatic carbocycles. The van der Waals surface area contributed by atoms with Gasteiger partial charge in [-0.1, -0.05) is 0 Å². The molecule has 4 nitrogen and oxygen atoms in total. The van der Waals surface area contributed by atoms with Crippen molar-refractivity contribution >= 4 is 12.2 Å². The molecule has 0 radical (unpaired) electrons. The number of aromatic amines is 2. The van der Waals surface area contributed by atoms with Crippen LogP contribution in [0, 0.1) is 4.77 Å².